The third-order valence-corrected chi connectivity index (χ3v) is 5.05. The lowest BCUT2D eigenvalue weighted by molar-refractivity contribution is 0.0955. The fourth-order valence-corrected chi connectivity index (χ4v) is 3.57. The van der Waals surface area contributed by atoms with E-state index in [0.717, 1.165) is 28.2 Å². The Balaban J connectivity index is 1.64. The van der Waals surface area contributed by atoms with Gasteiger partial charge in [0.25, 0.3) is 5.91 Å². The molecule has 0 saturated heterocycles. The summed E-state index contributed by atoms with van der Waals surface area (Å²) in [6, 6.07) is 10.7. The lowest BCUT2D eigenvalue weighted by Gasteiger charge is -2.06. The molecule has 0 aliphatic rings. The second-order valence-corrected chi connectivity index (χ2v) is 8.65. The van der Waals surface area contributed by atoms with Gasteiger partial charge >= 0.3 is 0 Å². The van der Waals surface area contributed by atoms with Gasteiger partial charge in [0.1, 0.15) is 5.75 Å². The van der Waals surface area contributed by atoms with Crippen molar-refractivity contribution in [1.82, 2.24) is 15.4 Å². The Labute approximate surface area is 179 Å². The van der Waals surface area contributed by atoms with Crippen LogP contribution < -0.4 is 10.2 Å². The predicted molar refractivity (Wildman–Crippen MR) is 119 cm³/mol. The molecule has 3 aromatic rings. The number of ether oxygens (including phenoxy) is 1. The second-order valence-electron chi connectivity index (χ2n) is 6.68. The van der Waals surface area contributed by atoms with Crippen molar-refractivity contribution in [3.8, 4) is 5.75 Å². The van der Waals surface area contributed by atoms with Crippen molar-refractivity contribution in [3.63, 3.8) is 0 Å². The first kappa shape index (κ1) is 21.2. The molecule has 0 aliphatic heterocycles. The van der Waals surface area contributed by atoms with Gasteiger partial charge in [-0.05, 0) is 48.4 Å². The molecule has 1 heterocycles. The molecule has 0 radical (unpaired) electrons. The van der Waals surface area contributed by atoms with Gasteiger partial charge in [-0.1, -0.05) is 44.1 Å². The van der Waals surface area contributed by atoms with Crippen LogP contribution in [-0.2, 0) is 0 Å². The van der Waals surface area contributed by atoms with Crippen LogP contribution in [0.4, 0.5) is 0 Å². The molecule has 0 bridgehead atoms. The molecule has 0 spiro atoms. The Morgan fingerprint density at radius 1 is 1.34 bits per heavy atom. The number of H-pyrrole nitrogens is 1. The van der Waals surface area contributed by atoms with Gasteiger partial charge < -0.3 is 9.72 Å². The normalized spacial score (nSPS) is 11.5. The zero-order valence-electron chi connectivity index (χ0n) is 16.5. The largest absolute Gasteiger partial charge is 0.492 e. The van der Waals surface area contributed by atoms with E-state index in [2.05, 4.69) is 34.3 Å². The van der Waals surface area contributed by atoms with Crippen LogP contribution in [-0.4, -0.2) is 33.9 Å². The highest BCUT2D eigenvalue weighted by Gasteiger charge is 2.10. The topological polar surface area (TPSA) is 79.4 Å². The number of hydrazone groups is 1. The van der Waals surface area contributed by atoms with Crippen molar-refractivity contribution in [1.29, 1.82) is 0 Å². The Kier molecular flexibility index (Phi) is 7.17. The number of carbonyl (C=O) groups is 1. The number of nitrogens with zero attached hydrogens (tertiary/aromatic N) is 2. The molecule has 0 unspecified atom stereocenters. The quantitative estimate of drug-likeness (QED) is 0.290. The van der Waals surface area contributed by atoms with E-state index in [-0.39, 0.29) is 5.91 Å². The number of rotatable bonds is 8. The van der Waals surface area contributed by atoms with Gasteiger partial charge in [0, 0.05) is 10.8 Å². The van der Waals surface area contributed by atoms with E-state index < -0.39 is 0 Å². The summed E-state index contributed by atoms with van der Waals surface area (Å²) in [6.45, 7) is 6.86. The molecule has 2 aromatic carbocycles. The summed E-state index contributed by atoms with van der Waals surface area (Å²) in [5.41, 5.74) is 5.45. The number of aromatic nitrogens is 2. The van der Waals surface area contributed by atoms with E-state index in [1.807, 2.05) is 19.1 Å². The number of thioether (sulfide) groups is 1. The molecule has 0 atom stereocenters. The zero-order chi connectivity index (χ0) is 20.8. The summed E-state index contributed by atoms with van der Waals surface area (Å²) >= 11 is 7.85. The minimum absolute atomic E-state index is 0.301. The van der Waals surface area contributed by atoms with Gasteiger partial charge in [0.15, 0.2) is 5.16 Å². The maximum Gasteiger partial charge on any atom is 0.271 e. The molecular formula is C21H23ClN4O2S. The minimum atomic E-state index is -0.301. The van der Waals surface area contributed by atoms with Gasteiger partial charge in [0.2, 0.25) is 0 Å². The van der Waals surface area contributed by atoms with Gasteiger partial charge in [-0.25, -0.2) is 10.4 Å². The highest BCUT2D eigenvalue weighted by atomic mass is 35.5. The van der Waals surface area contributed by atoms with Crippen LogP contribution in [0.3, 0.4) is 0 Å². The maximum atomic E-state index is 12.4. The molecule has 2 N–H and O–H groups in total. The molecule has 152 valence electrons. The number of nitrogens with one attached hydrogen (secondary N) is 2. The lowest BCUT2D eigenvalue weighted by atomic mass is 10.2. The standard InChI is InChI=1S/C21H23ClN4O2S/c1-4-9-28-19-8-5-14(10-16(19)22)12-23-26-20(27)15-6-7-17-18(11-15)25-21(24-17)29-13(2)3/h5-8,10-13H,4,9H2,1-3H3,(H,24,25)(H,26,27)/b23-12-. The van der Waals surface area contributed by atoms with E-state index in [9.17, 15) is 4.79 Å². The first-order valence-electron chi connectivity index (χ1n) is 9.38. The average Bonchev–Trinajstić information content (AvgIpc) is 3.07. The molecular weight excluding hydrogens is 408 g/mol. The minimum Gasteiger partial charge on any atom is -0.492 e. The van der Waals surface area contributed by atoms with Crippen molar-refractivity contribution in [2.75, 3.05) is 6.61 Å². The summed E-state index contributed by atoms with van der Waals surface area (Å²) in [5.74, 6) is 0.336. The number of imidazole rings is 1. The highest BCUT2D eigenvalue weighted by Crippen LogP contribution is 2.25. The molecule has 1 aromatic heterocycles. The van der Waals surface area contributed by atoms with Crippen molar-refractivity contribution in [2.45, 2.75) is 37.6 Å². The SMILES string of the molecule is CCCOc1ccc(/C=N\NC(=O)c2ccc3nc(SC(C)C)[nH]c3c2)cc1Cl. The molecule has 29 heavy (non-hydrogen) atoms. The Morgan fingerprint density at radius 3 is 2.90 bits per heavy atom. The van der Waals surface area contributed by atoms with Crippen LogP contribution >= 0.6 is 23.4 Å². The fraction of sp³-hybridized carbons (Fsp3) is 0.286. The number of halogens is 1. The summed E-state index contributed by atoms with van der Waals surface area (Å²) < 4.78 is 5.54. The molecule has 0 fully saturated rings. The molecule has 0 saturated carbocycles. The van der Waals surface area contributed by atoms with E-state index in [1.54, 1.807) is 42.2 Å². The van der Waals surface area contributed by atoms with Gasteiger partial charge in [-0.15, -0.1) is 0 Å². The van der Waals surface area contributed by atoms with Crippen LogP contribution in [0.5, 0.6) is 5.75 Å². The van der Waals surface area contributed by atoms with E-state index in [0.29, 0.717) is 28.2 Å². The van der Waals surface area contributed by atoms with Gasteiger partial charge in [0.05, 0.1) is 28.9 Å². The van der Waals surface area contributed by atoms with Crippen LogP contribution in [0, 0.1) is 0 Å². The Bertz CT molecular complexity index is 1030. The van der Waals surface area contributed by atoms with Gasteiger partial charge in [-0.2, -0.15) is 5.10 Å². The third-order valence-electron chi connectivity index (χ3n) is 3.87. The maximum absolute atomic E-state index is 12.4. The van der Waals surface area contributed by atoms with Crippen molar-refractivity contribution in [3.05, 3.63) is 52.5 Å². The van der Waals surface area contributed by atoms with Crippen molar-refractivity contribution in [2.24, 2.45) is 5.10 Å². The Morgan fingerprint density at radius 2 is 2.17 bits per heavy atom. The van der Waals surface area contributed by atoms with E-state index in [1.165, 1.54) is 0 Å². The van der Waals surface area contributed by atoms with Crippen molar-refractivity contribution >= 4 is 46.5 Å². The fourth-order valence-electron chi connectivity index (χ4n) is 2.56. The summed E-state index contributed by atoms with van der Waals surface area (Å²) in [7, 11) is 0. The molecule has 1 amide bonds. The van der Waals surface area contributed by atoms with E-state index >= 15 is 0 Å². The Hall–Kier alpha value is -2.51. The van der Waals surface area contributed by atoms with Crippen LogP contribution in [0.1, 0.15) is 43.1 Å². The number of hydrogen-bond acceptors (Lipinski definition) is 5. The number of fused-ring (bicyclic) bond motifs is 1. The van der Waals surface area contributed by atoms with Crippen molar-refractivity contribution < 1.29 is 9.53 Å². The van der Waals surface area contributed by atoms with Gasteiger partial charge in [-0.3, -0.25) is 4.79 Å². The van der Waals surface area contributed by atoms with E-state index in [4.69, 9.17) is 16.3 Å². The summed E-state index contributed by atoms with van der Waals surface area (Å²) in [6.07, 6.45) is 2.45. The smallest absolute Gasteiger partial charge is 0.271 e. The number of aromatic amines is 1. The van der Waals surface area contributed by atoms with Crippen LogP contribution in [0.15, 0.2) is 46.7 Å². The first-order valence-corrected chi connectivity index (χ1v) is 10.6. The lowest BCUT2D eigenvalue weighted by Crippen LogP contribution is -2.17. The average molecular weight is 431 g/mol. The summed E-state index contributed by atoms with van der Waals surface area (Å²) in [4.78, 5) is 20.1. The number of amides is 1. The van der Waals surface area contributed by atoms with Crippen LogP contribution in [0.2, 0.25) is 5.02 Å². The first-order chi connectivity index (χ1) is 14.0. The summed E-state index contributed by atoms with van der Waals surface area (Å²) in [5, 5.41) is 5.80. The number of hydrogen-bond donors (Lipinski definition) is 2. The third kappa shape index (κ3) is 5.74. The number of carbonyl (C=O) groups excluding carboxylic acids is 1. The van der Waals surface area contributed by atoms with Crippen LogP contribution in [0.25, 0.3) is 11.0 Å². The monoisotopic (exact) mass is 430 g/mol. The molecule has 0 aliphatic carbocycles. The molecule has 6 nitrogen and oxygen atoms in total. The zero-order valence-corrected chi connectivity index (χ0v) is 18.1. The molecule has 8 heteroatoms. The number of benzene rings is 2. The predicted octanol–water partition coefficient (Wildman–Crippen LogP) is 5.27. The molecule has 3 rings (SSSR count). The highest BCUT2D eigenvalue weighted by molar-refractivity contribution is 7.99. The second kappa shape index (κ2) is 9.80.